The summed E-state index contributed by atoms with van der Waals surface area (Å²) in [7, 11) is 0. The topological polar surface area (TPSA) is 126 Å². The Bertz CT molecular complexity index is 1140. The molecule has 0 radical (unpaired) electrons. The molecule has 0 spiro atoms. The largest absolute Gasteiger partial charge is 0.503 e. The Morgan fingerprint density at radius 2 is 2.03 bits per heavy atom. The standard InChI is InChI=1S/C22H24N4O6S/c1-13-21(33-14(2)23-13)19(27)17-18(15-4-3-5-16(12-15)26(30)31)25(22(29)20(17)28)7-6-24-8-10-32-11-9-24/h3-5,12,18,28H,6-11H2,1-2H3/t18-/m1/s1. The number of hydrogen-bond donors (Lipinski definition) is 1. The first-order valence-corrected chi connectivity index (χ1v) is 11.4. The number of carbonyl (C=O) groups is 2. The molecular weight excluding hydrogens is 448 g/mol. The number of aryl methyl sites for hydroxylation is 2. The van der Waals surface area contributed by atoms with Crippen LogP contribution in [0.1, 0.15) is 32.0 Å². The van der Waals surface area contributed by atoms with E-state index in [4.69, 9.17) is 4.74 Å². The lowest BCUT2D eigenvalue weighted by Gasteiger charge is -2.31. The van der Waals surface area contributed by atoms with Gasteiger partial charge in [-0.05, 0) is 19.4 Å². The van der Waals surface area contributed by atoms with Gasteiger partial charge in [0.05, 0.1) is 45.3 Å². The molecule has 10 nitrogen and oxygen atoms in total. The van der Waals surface area contributed by atoms with Gasteiger partial charge in [-0.1, -0.05) is 12.1 Å². The summed E-state index contributed by atoms with van der Waals surface area (Å²) in [5, 5.41) is 22.8. The summed E-state index contributed by atoms with van der Waals surface area (Å²) >= 11 is 1.19. The fourth-order valence-electron chi connectivity index (χ4n) is 4.21. The number of aliphatic hydroxyl groups excluding tert-OH is 1. The third-order valence-corrected chi connectivity index (χ3v) is 6.89. The zero-order valence-electron chi connectivity index (χ0n) is 18.3. The predicted octanol–water partition coefficient (Wildman–Crippen LogP) is 2.58. The first-order chi connectivity index (χ1) is 15.8. The molecule has 1 amide bonds. The van der Waals surface area contributed by atoms with Crippen LogP contribution in [-0.2, 0) is 9.53 Å². The summed E-state index contributed by atoms with van der Waals surface area (Å²) in [6.07, 6.45) is 0. The molecule has 0 saturated carbocycles. The quantitative estimate of drug-likeness (QED) is 0.370. The molecule has 11 heteroatoms. The van der Waals surface area contributed by atoms with Crippen LogP contribution < -0.4 is 0 Å². The molecule has 1 N–H and O–H groups in total. The van der Waals surface area contributed by atoms with Gasteiger partial charge in [0.2, 0.25) is 5.78 Å². The van der Waals surface area contributed by atoms with Crippen molar-refractivity contribution in [3.8, 4) is 0 Å². The maximum absolute atomic E-state index is 13.5. The average Bonchev–Trinajstić information content (AvgIpc) is 3.28. The highest BCUT2D eigenvalue weighted by Gasteiger charge is 2.44. The number of Topliss-reactive ketones (excluding diaryl/α,β-unsaturated/α-hetero) is 1. The van der Waals surface area contributed by atoms with Gasteiger partial charge >= 0.3 is 0 Å². The molecular formula is C22H24N4O6S. The number of non-ortho nitro benzene ring substituents is 1. The molecule has 0 bridgehead atoms. The van der Waals surface area contributed by atoms with Crippen molar-refractivity contribution in [2.24, 2.45) is 0 Å². The van der Waals surface area contributed by atoms with Crippen molar-refractivity contribution in [1.29, 1.82) is 0 Å². The zero-order chi connectivity index (χ0) is 23.7. The Kier molecular flexibility index (Phi) is 6.54. The van der Waals surface area contributed by atoms with Crippen molar-refractivity contribution < 1.29 is 24.4 Å². The van der Waals surface area contributed by atoms with Crippen LogP contribution in [0.4, 0.5) is 5.69 Å². The molecule has 0 aliphatic carbocycles. The number of nitro benzene ring substituents is 1. The van der Waals surface area contributed by atoms with Gasteiger partial charge in [-0.15, -0.1) is 11.3 Å². The molecule has 1 fully saturated rings. The van der Waals surface area contributed by atoms with Gasteiger partial charge in [-0.25, -0.2) is 4.98 Å². The number of ether oxygens (including phenoxy) is 1. The molecule has 2 aliphatic rings. The molecule has 1 saturated heterocycles. The number of hydrogen-bond acceptors (Lipinski definition) is 9. The third-order valence-electron chi connectivity index (χ3n) is 5.82. The van der Waals surface area contributed by atoms with Crippen LogP contribution >= 0.6 is 11.3 Å². The van der Waals surface area contributed by atoms with Crippen LogP contribution in [0.3, 0.4) is 0 Å². The minimum atomic E-state index is -0.937. The number of amides is 1. The van der Waals surface area contributed by atoms with Crippen molar-refractivity contribution in [1.82, 2.24) is 14.8 Å². The molecule has 2 aliphatic heterocycles. The lowest BCUT2D eigenvalue weighted by Crippen LogP contribution is -2.43. The first kappa shape index (κ1) is 23.0. The van der Waals surface area contributed by atoms with Crippen LogP contribution in [0.2, 0.25) is 0 Å². The molecule has 3 heterocycles. The number of nitro groups is 1. The fourth-order valence-corrected chi connectivity index (χ4v) is 5.08. The van der Waals surface area contributed by atoms with Crippen LogP contribution in [0.5, 0.6) is 0 Å². The number of thiazole rings is 1. The van der Waals surface area contributed by atoms with Gasteiger partial charge in [-0.3, -0.25) is 24.6 Å². The van der Waals surface area contributed by atoms with Crippen LogP contribution in [0.15, 0.2) is 35.6 Å². The Hall–Kier alpha value is -3.15. The summed E-state index contributed by atoms with van der Waals surface area (Å²) in [5.41, 5.74) is 0.677. The molecule has 1 atom stereocenters. The number of ketones is 1. The van der Waals surface area contributed by atoms with Crippen molar-refractivity contribution >= 4 is 28.7 Å². The summed E-state index contributed by atoms with van der Waals surface area (Å²) < 4.78 is 5.36. The molecule has 2 aromatic rings. The Morgan fingerprint density at radius 3 is 2.67 bits per heavy atom. The van der Waals surface area contributed by atoms with Crippen LogP contribution in [0, 0.1) is 24.0 Å². The Balaban J connectivity index is 1.73. The fraction of sp³-hybridized carbons (Fsp3) is 0.409. The number of rotatable bonds is 7. The maximum Gasteiger partial charge on any atom is 0.290 e. The summed E-state index contributed by atoms with van der Waals surface area (Å²) in [6, 6.07) is 4.89. The van der Waals surface area contributed by atoms with E-state index in [1.807, 2.05) is 0 Å². The van der Waals surface area contributed by atoms with Gasteiger partial charge in [0, 0.05) is 38.3 Å². The van der Waals surface area contributed by atoms with Crippen molar-refractivity contribution in [3.05, 3.63) is 66.9 Å². The summed E-state index contributed by atoms with van der Waals surface area (Å²) in [6.45, 7) is 6.86. The van der Waals surface area contributed by atoms with E-state index in [2.05, 4.69) is 9.88 Å². The number of carbonyl (C=O) groups excluding carboxylic acids is 2. The minimum Gasteiger partial charge on any atom is -0.503 e. The minimum absolute atomic E-state index is 0.0748. The molecule has 0 unspecified atom stereocenters. The van der Waals surface area contributed by atoms with E-state index in [0.29, 0.717) is 54.0 Å². The highest BCUT2D eigenvalue weighted by molar-refractivity contribution is 7.14. The second-order valence-electron chi connectivity index (χ2n) is 7.95. The SMILES string of the molecule is Cc1nc(C)c(C(=O)C2=C(O)C(=O)N(CCN3CCOCC3)[C@@H]2c2cccc([N+](=O)[O-])c2)s1. The van der Waals surface area contributed by atoms with E-state index in [-0.39, 0.29) is 17.8 Å². The molecule has 174 valence electrons. The van der Waals surface area contributed by atoms with Gasteiger partial charge in [-0.2, -0.15) is 0 Å². The second-order valence-corrected chi connectivity index (χ2v) is 9.15. The summed E-state index contributed by atoms with van der Waals surface area (Å²) in [4.78, 5) is 45.6. The van der Waals surface area contributed by atoms with Crippen molar-refractivity contribution in [2.75, 3.05) is 39.4 Å². The zero-order valence-corrected chi connectivity index (χ0v) is 19.1. The number of aliphatic hydroxyl groups is 1. The Morgan fingerprint density at radius 1 is 1.30 bits per heavy atom. The molecule has 1 aromatic carbocycles. The van der Waals surface area contributed by atoms with Gasteiger partial charge in [0.25, 0.3) is 11.6 Å². The van der Waals surface area contributed by atoms with Crippen molar-refractivity contribution in [2.45, 2.75) is 19.9 Å². The molecule has 33 heavy (non-hydrogen) atoms. The normalized spacial score (nSPS) is 19.4. The van der Waals surface area contributed by atoms with E-state index in [1.54, 1.807) is 19.9 Å². The van der Waals surface area contributed by atoms with E-state index in [0.717, 1.165) is 0 Å². The number of morpholine rings is 1. The highest BCUT2D eigenvalue weighted by Crippen LogP contribution is 2.40. The van der Waals surface area contributed by atoms with E-state index in [9.17, 15) is 24.8 Å². The molecule has 4 rings (SSSR count). The second kappa shape index (κ2) is 9.38. The lowest BCUT2D eigenvalue weighted by molar-refractivity contribution is -0.384. The maximum atomic E-state index is 13.5. The van der Waals surface area contributed by atoms with Gasteiger partial charge in [0.1, 0.15) is 0 Å². The number of aromatic nitrogens is 1. The van der Waals surface area contributed by atoms with Crippen molar-refractivity contribution in [3.63, 3.8) is 0 Å². The predicted molar refractivity (Wildman–Crippen MR) is 120 cm³/mol. The highest BCUT2D eigenvalue weighted by atomic mass is 32.1. The van der Waals surface area contributed by atoms with E-state index in [1.165, 1.54) is 34.4 Å². The first-order valence-electron chi connectivity index (χ1n) is 10.5. The summed E-state index contributed by atoms with van der Waals surface area (Å²) in [5.74, 6) is -1.78. The van der Waals surface area contributed by atoms with Crippen LogP contribution in [-0.4, -0.2) is 75.9 Å². The number of nitrogens with zero attached hydrogens (tertiary/aromatic N) is 4. The smallest absolute Gasteiger partial charge is 0.290 e. The monoisotopic (exact) mass is 472 g/mol. The van der Waals surface area contributed by atoms with Gasteiger partial charge in [0.15, 0.2) is 5.76 Å². The lowest BCUT2D eigenvalue weighted by atomic mass is 9.94. The van der Waals surface area contributed by atoms with E-state index >= 15 is 0 Å². The van der Waals surface area contributed by atoms with E-state index < -0.39 is 28.4 Å². The third kappa shape index (κ3) is 4.52. The Labute approximate surface area is 194 Å². The van der Waals surface area contributed by atoms with Gasteiger partial charge < -0.3 is 14.7 Å². The number of benzene rings is 1. The molecule has 1 aromatic heterocycles. The average molecular weight is 473 g/mol. The van der Waals surface area contributed by atoms with Crippen LogP contribution in [0.25, 0.3) is 0 Å².